The number of hydrogen-bond donors (Lipinski definition) is 1. The molecule has 1 aromatic carbocycles. The molecule has 158 valence electrons. The molecule has 28 heavy (non-hydrogen) atoms. The minimum atomic E-state index is -0.945. The van der Waals surface area contributed by atoms with Crippen LogP contribution in [0, 0.1) is 0 Å². The quantitative estimate of drug-likeness (QED) is 0.344. The topological polar surface area (TPSA) is 55.4 Å². The highest BCUT2D eigenvalue weighted by molar-refractivity contribution is 5.87. The molecule has 0 heterocycles. The summed E-state index contributed by atoms with van der Waals surface area (Å²) in [5, 5.41) is 2.84. The van der Waals surface area contributed by atoms with Gasteiger partial charge in [-0.1, -0.05) is 70.2 Å². The molecule has 1 rings (SSSR count). The zero-order chi connectivity index (χ0) is 20.8. The molecule has 0 aliphatic rings. The first kappa shape index (κ1) is 24.2. The maximum Gasteiger partial charge on any atom is 0.331 e. The van der Waals surface area contributed by atoms with E-state index in [0.717, 1.165) is 12.8 Å². The predicted molar refractivity (Wildman–Crippen MR) is 115 cm³/mol. The molecule has 1 unspecified atom stereocenters. The van der Waals surface area contributed by atoms with E-state index in [4.69, 9.17) is 4.74 Å². The summed E-state index contributed by atoms with van der Waals surface area (Å²) in [4.78, 5) is 24.1. The summed E-state index contributed by atoms with van der Waals surface area (Å²) in [5.74, 6) is -0.545. The van der Waals surface area contributed by atoms with Gasteiger partial charge < -0.3 is 10.1 Å². The minimum Gasteiger partial charge on any atom is -0.464 e. The Hall–Kier alpha value is -1.84. The number of hydrogen-bond acceptors (Lipinski definition) is 3. The second-order valence-corrected chi connectivity index (χ2v) is 7.67. The van der Waals surface area contributed by atoms with Crippen molar-refractivity contribution < 1.29 is 14.3 Å². The lowest BCUT2D eigenvalue weighted by molar-refractivity contribution is -0.153. The van der Waals surface area contributed by atoms with Crippen molar-refractivity contribution in [1.82, 2.24) is 5.32 Å². The van der Waals surface area contributed by atoms with Crippen molar-refractivity contribution in [3.8, 4) is 0 Å². The second kappa shape index (κ2) is 13.4. The average Bonchev–Trinajstić information content (AvgIpc) is 2.68. The average molecular weight is 390 g/mol. The van der Waals surface area contributed by atoms with E-state index in [1.54, 1.807) is 6.92 Å². The normalized spacial score (nSPS) is 13.0. The van der Waals surface area contributed by atoms with Crippen molar-refractivity contribution in [2.45, 2.75) is 97.4 Å². The smallest absolute Gasteiger partial charge is 0.331 e. The summed E-state index contributed by atoms with van der Waals surface area (Å²) < 4.78 is 5.23. The Morgan fingerprint density at radius 3 is 2.00 bits per heavy atom. The minimum absolute atomic E-state index is 0.204. The molecule has 0 saturated carbocycles. The maximum absolute atomic E-state index is 12.5. The molecule has 4 nitrogen and oxygen atoms in total. The van der Waals surface area contributed by atoms with Crippen LogP contribution in [-0.4, -0.2) is 24.0 Å². The van der Waals surface area contributed by atoms with Crippen LogP contribution in [-0.2, 0) is 27.2 Å². The summed E-state index contributed by atoms with van der Waals surface area (Å²) in [6, 6.07) is 8.67. The highest BCUT2D eigenvalue weighted by Gasteiger charge is 2.38. The number of aryl methyl sites for hydroxylation is 2. The number of amides is 1. The number of nitrogens with one attached hydrogen (secondary N) is 1. The van der Waals surface area contributed by atoms with Crippen LogP contribution in [0.1, 0.15) is 90.2 Å². The van der Waals surface area contributed by atoms with Crippen molar-refractivity contribution in [2.75, 3.05) is 6.61 Å². The van der Waals surface area contributed by atoms with Gasteiger partial charge in [-0.3, -0.25) is 4.79 Å². The Balaban J connectivity index is 2.58. The first-order valence-electron chi connectivity index (χ1n) is 11.0. The molecule has 1 atom stereocenters. The predicted octanol–water partition coefficient (Wildman–Crippen LogP) is 5.37. The van der Waals surface area contributed by atoms with Crippen molar-refractivity contribution in [2.24, 2.45) is 0 Å². The van der Waals surface area contributed by atoms with Crippen molar-refractivity contribution in [3.05, 3.63) is 35.4 Å². The molecule has 0 spiro atoms. The molecule has 0 fully saturated rings. The number of benzene rings is 1. The molecule has 0 aromatic heterocycles. The Kier molecular flexibility index (Phi) is 11.5. The van der Waals surface area contributed by atoms with E-state index in [2.05, 4.69) is 36.5 Å². The van der Waals surface area contributed by atoms with Gasteiger partial charge in [-0.05, 0) is 50.2 Å². The number of unbranched alkanes of at least 4 members (excludes halogenated alkanes) is 5. The standard InChI is InChI=1S/C24H39NO3/c1-5-8-9-10-11-12-13-21-14-16-22(17-15-21)18-19-24(6-2,25-20(4)26)23(27)28-7-3/h14-17H,5-13,18-19H2,1-4H3,(H,25,26). The third-order valence-electron chi connectivity index (χ3n) is 5.37. The van der Waals surface area contributed by atoms with Crippen LogP contribution in [0.25, 0.3) is 0 Å². The maximum atomic E-state index is 12.5. The van der Waals surface area contributed by atoms with Gasteiger partial charge in [-0.25, -0.2) is 4.79 Å². The number of ether oxygens (including phenoxy) is 1. The van der Waals surface area contributed by atoms with E-state index >= 15 is 0 Å². The Labute approximate surface area is 171 Å². The van der Waals surface area contributed by atoms with Crippen LogP contribution < -0.4 is 5.32 Å². The van der Waals surface area contributed by atoms with Crippen molar-refractivity contribution in [1.29, 1.82) is 0 Å². The fourth-order valence-corrected chi connectivity index (χ4v) is 3.57. The van der Waals surface area contributed by atoms with Crippen LogP contribution in [0.4, 0.5) is 0 Å². The molecule has 1 amide bonds. The zero-order valence-electron chi connectivity index (χ0n) is 18.3. The Bertz CT molecular complexity index is 582. The molecule has 0 aliphatic carbocycles. The number of rotatable bonds is 14. The highest BCUT2D eigenvalue weighted by Crippen LogP contribution is 2.21. The monoisotopic (exact) mass is 389 g/mol. The van der Waals surface area contributed by atoms with Crippen LogP contribution in [0.5, 0.6) is 0 Å². The fourth-order valence-electron chi connectivity index (χ4n) is 3.57. The Morgan fingerprint density at radius 2 is 1.46 bits per heavy atom. The number of carbonyl (C=O) groups excluding carboxylic acids is 2. The largest absolute Gasteiger partial charge is 0.464 e. The molecule has 0 saturated heterocycles. The fraction of sp³-hybridized carbons (Fsp3) is 0.667. The lowest BCUT2D eigenvalue weighted by atomic mass is 9.88. The molecule has 1 N–H and O–H groups in total. The molecular weight excluding hydrogens is 350 g/mol. The molecule has 0 aliphatic heterocycles. The number of carbonyl (C=O) groups is 2. The second-order valence-electron chi connectivity index (χ2n) is 7.67. The van der Waals surface area contributed by atoms with Gasteiger partial charge in [0.1, 0.15) is 5.54 Å². The zero-order valence-corrected chi connectivity index (χ0v) is 18.3. The van der Waals surface area contributed by atoms with E-state index in [-0.39, 0.29) is 11.9 Å². The Morgan fingerprint density at radius 1 is 0.893 bits per heavy atom. The van der Waals surface area contributed by atoms with E-state index in [0.29, 0.717) is 19.4 Å². The molecule has 1 aromatic rings. The van der Waals surface area contributed by atoms with Gasteiger partial charge in [-0.2, -0.15) is 0 Å². The van der Waals surface area contributed by atoms with Gasteiger partial charge in [-0.15, -0.1) is 0 Å². The van der Waals surface area contributed by atoms with Gasteiger partial charge in [0.2, 0.25) is 5.91 Å². The van der Waals surface area contributed by atoms with Gasteiger partial charge in [0.15, 0.2) is 0 Å². The third-order valence-corrected chi connectivity index (χ3v) is 5.37. The summed E-state index contributed by atoms with van der Waals surface area (Å²) in [6.07, 6.45) is 10.8. The summed E-state index contributed by atoms with van der Waals surface area (Å²) in [5.41, 5.74) is 1.60. The number of esters is 1. The van der Waals surface area contributed by atoms with Gasteiger partial charge in [0, 0.05) is 6.92 Å². The first-order valence-corrected chi connectivity index (χ1v) is 11.0. The molecule has 0 radical (unpaired) electrons. The van der Waals surface area contributed by atoms with Crippen LogP contribution in [0.3, 0.4) is 0 Å². The molecular formula is C24H39NO3. The van der Waals surface area contributed by atoms with E-state index in [1.165, 1.54) is 56.6 Å². The summed E-state index contributed by atoms with van der Waals surface area (Å²) >= 11 is 0. The van der Waals surface area contributed by atoms with Crippen molar-refractivity contribution >= 4 is 11.9 Å². The highest BCUT2D eigenvalue weighted by atomic mass is 16.5. The van der Waals surface area contributed by atoms with Gasteiger partial charge >= 0.3 is 5.97 Å². The van der Waals surface area contributed by atoms with Gasteiger partial charge in [0.05, 0.1) is 6.61 Å². The molecule has 0 bridgehead atoms. The van der Waals surface area contributed by atoms with Crippen LogP contribution in [0.15, 0.2) is 24.3 Å². The van der Waals surface area contributed by atoms with E-state index in [1.807, 2.05) is 6.92 Å². The lowest BCUT2D eigenvalue weighted by Crippen LogP contribution is -2.54. The van der Waals surface area contributed by atoms with Crippen molar-refractivity contribution in [3.63, 3.8) is 0 Å². The van der Waals surface area contributed by atoms with Gasteiger partial charge in [0.25, 0.3) is 0 Å². The molecule has 4 heteroatoms. The first-order chi connectivity index (χ1) is 13.5. The third kappa shape index (κ3) is 8.45. The SMILES string of the molecule is CCCCCCCCc1ccc(CCC(CC)(NC(C)=O)C(=O)OCC)cc1. The van der Waals surface area contributed by atoms with E-state index < -0.39 is 5.54 Å². The summed E-state index contributed by atoms with van der Waals surface area (Å²) in [6.45, 7) is 7.70. The summed E-state index contributed by atoms with van der Waals surface area (Å²) in [7, 11) is 0. The van der Waals surface area contributed by atoms with Crippen LogP contribution >= 0.6 is 0 Å². The lowest BCUT2D eigenvalue weighted by Gasteiger charge is -2.31. The van der Waals surface area contributed by atoms with Crippen LogP contribution in [0.2, 0.25) is 0 Å². The van der Waals surface area contributed by atoms with E-state index in [9.17, 15) is 9.59 Å².